The highest BCUT2D eigenvalue weighted by atomic mass is 127. The summed E-state index contributed by atoms with van der Waals surface area (Å²) >= 11 is 0. The van der Waals surface area contributed by atoms with Crippen molar-refractivity contribution in [3.63, 3.8) is 0 Å². The molecule has 1 aromatic carbocycles. The van der Waals surface area contributed by atoms with Crippen molar-refractivity contribution in [2.75, 3.05) is 20.2 Å². The van der Waals surface area contributed by atoms with Crippen LogP contribution in [0.15, 0.2) is 29.3 Å². The van der Waals surface area contributed by atoms with E-state index in [1.807, 2.05) is 6.07 Å². The van der Waals surface area contributed by atoms with Crippen LogP contribution in [-0.2, 0) is 11.3 Å². The third-order valence-corrected chi connectivity index (χ3v) is 4.64. The maximum Gasteiger partial charge on any atom is 0.269 e. The number of hydrogen-bond donors (Lipinski definition) is 2. The fraction of sp³-hybridized carbons (Fsp3) is 0.632. The fourth-order valence-corrected chi connectivity index (χ4v) is 3.42. The Labute approximate surface area is 178 Å². The van der Waals surface area contributed by atoms with E-state index in [-0.39, 0.29) is 46.1 Å². The largest absolute Gasteiger partial charge is 0.377 e. The number of rotatable bonds is 5. The molecule has 0 spiro atoms. The quantitative estimate of drug-likeness (QED) is 0.216. The molecule has 0 saturated carbocycles. The van der Waals surface area contributed by atoms with Crippen molar-refractivity contribution in [3.8, 4) is 0 Å². The molecular formula is C19H31IN4O3. The van der Waals surface area contributed by atoms with Gasteiger partial charge in [-0.05, 0) is 23.8 Å². The number of hydrogen-bond acceptors (Lipinski definition) is 4. The SMILES string of the molecule is CN=C(NCc1cccc([N+](=O)[O-])c1)NCC1CCCOC1C(C)(C)C.I. The molecule has 27 heavy (non-hydrogen) atoms. The molecule has 152 valence electrons. The molecule has 1 fully saturated rings. The summed E-state index contributed by atoms with van der Waals surface area (Å²) in [7, 11) is 1.72. The molecule has 0 bridgehead atoms. The molecule has 2 rings (SSSR count). The van der Waals surface area contributed by atoms with Crippen LogP contribution in [0.1, 0.15) is 39.2 Å². The van der Waals surface area contributed by atoms with E-state index in [2.05, 4.69) is 36.4 Å². The smallest absolute Gasteiger partial charge is 0.269 e. The van der Waals surface area contributed by atoms with Crippen LogP contribution in [0.3, 0.4) is 0 Å². The minimum Gasteiger partial charge on any atom is -0.377 e. The molecule has 2 atom stereocenters. The van der Waals surface area contributed by atoms with Gasteiger partial charge in [0.2, 0.25) is 0 Å². The third kappa shape index (κ3) is 7.25. The lowest BCUT2D eigenvalue weighted by Gasteiger charge is -2.40. The van der Waals surface area contributed by atoms with Crippen molar-refractivity contribution < 1.29 is 9.66 Å². The van der Waals surface area contributed by atoms with Crippen LogP contribution in [0.2, 0.25) is 0 Å². The highest BCUT2D eigenvalue weighted by Gasteiger charge is 2.35. The molecule has 0 aliphatic carbocycles. The Bertz CT molecular complexity index is 646. The number of ether oxygens (including phenoxy) is 1. The van der Waals surface area contributed by atoms with Crippen LogP contribution in [0, 0.1) is 21.4 Å². The first-order chi connectivity index (χ1) is 12.3. The number of benzene rings is 1. The predicted octanol–water partition coefficient (Wildman–Crippen LogP) is 3.72. The summed E-state index contributed by atoms with van der Waals surface area (Å²) in [4.78, 5) is 14.7. The molecule has 0 aromatic heterocycles. The normalized spacial score (nSPS) is 20.5. The van der Waals surface area contributed by atoms with Crippen LogP contribution in [-0.4, -0.2) is 37.2 Å². The molecule has 0 amide bonds. The molecule has 2 unspecified atom stereocenters. The zero-order valence-corrected chi connectivity index (χ0v) is 18.9. The van der Waals surface area contributed by atoms with Gasteiger partial charge in [0, 0.05) is 44.8 Å². The van der Waals surface area contributed by atoms with Crippen molar-refractivity contribution >= 4 is 35.6 Å². The molecule has 0 radical (unpaired) electrons. The summed E-state index contributed by atoms with van der Waals surface area (Å²) in [5, 5.41) is 17.5. The van der Waals surface area contributed by atoms with Crippen LogP contribution in [0.4, 0.5) is 5.69 Å². The second-order valence-electron chi connectivity index (χ2n) is 7.79. The van der Waals surface area contributed by atoms with Crippen LogP contribution >= 0.6 is 24.0 Å². The van der Waals surface area contributed by atoms with Crippen molar-refractivity contribution in [1.29, 1.82) is 0 Å². The molecule has 1 aliphatic rings. The second kappa shape index (κ2) is 10.8. The summed E-state index contributed by atoms with van der Waals surface area (Å²) in [6.07, 6.45) is 2.44. The van der Waals surface area contributed by atoms with E-state index in [1.54, 1.807) is 19.2 Å². The second-order valence-corrected chi connectivity index (χ2v) is 7.79. The van der Waals surface area contributed by atoms with E-state index >= 15 is 0 Å². The number of nitro benzene ring substituents is 1. The van der Waals surface area contributed by atoms with Gasteiger partial charge < -0.3 is 15.4 Å². The number of guanidine groups is 1. The molecule has 8 heteroatoms. The molecule has 7 nitrogen and oxygen atoms in total. The van der Waals surface area contributed by atoms with E-state index in [9.17, 15) is 10.1 Å². The number of nitrogens with zero attached hydrogens (tertiary/aromatic N) is 2. The number of halogens is 1. The lowest BCUT2D eigenvalue weighted by Crippen LogP contribution is -2.47. The lowest BCUT2D eigenvalue weighted by molar-refractivity contribution is -0.384. The van der Waals surface area contributed by atoms with Crippen molar-refractivity contribution in [3.05, 3.63) is 39.9 Å². The van der Waals surface area contributed by atoms with Crippen LogP contribution in [0.25, 0.3) is 0 Å². The van der Waals surface area contributed by atoms with Crippen LogP contribution in [0.5, 0.6) is 0 Å². The maximum atomic E-state index is 10.9. The van der Waals surface area contributed by atoms with E-state index in [4.69, 9.17) is 4.74 Å². The Morgan fingerprint density at radius 1 is 1.37 bits per heavy atom. The van der Waals surface area contributed by atoms with Gasteiger partial charge in [-0.15, -0.1) is 24.0 Å². The Morgan fingerprint density at radius 2 is 2.11 bits per heavy atom. The minimum absolute atomic E-state index is 0. The minimum atomic E-state index is -0.383. The topological polar surface area (TPSA) is 88.8 Å². The summed E-state index contributed by atoms with van der Waals surface area (Å²) in [6, 6.07) is 6.62. The van der Waals surface area contributed by atoms with Crippen molar-refractivity contribution in [2.24, 2.45) is 16.3 Å². The number of nitro groups is 1. The number of non-ortho nitro benzene ring substituents is 1. The Morgan fingerprint density at radius 3 is 2.74 bits per heavy atom. The summed E-state index contributed by atoms with van der Waals surface area (Å²) in [5.41, 5.74) is 1.04. The summed E-state index contributed by atoms with van der Waals surface area (Å²) in [6.45, 7) is 8.74. The highest BCUT2D eigenvalue weighted by molar-refractivity contribution is 14.0. The summed E-state index contributed by atoms with van der Waals surface area (Å²) < 4.78 is 6.02. The summed E-state index contributed by atoms with van der Waals surface area (Å²) in [5.74, 6) is 1.12. The average Bonchev–Trinajstić information content (AvgIpc) is 2.61. The number of aliphatic imine (C=N–C) groups is 1. The van der Waals surface area contributed by atoms with Gasteiger partial charge in [-0.25, -0.2) is 0 Å². The van der Waals surface area contributed by atoms with Gasteiger partial charge in [0.15, 0.2) is 5.96 Å². The lowest BCUT2D eigenvalue weighted by atomic mass is 9.78. The van der Waals surface area contributed by atoms with E-state index in [0.717, 1.165) is 31.6 Å². The first-order valence-corrected chi connectivity index (χ1v) is 9.10. The average molecular weight is 490 g/mol. The maximum absolute atomic E-state index is 10.9. The van der Waals surface area contributed by atoms with Gasteiger partial charge in [-0.1, -0.05) is 32.9 Å². The Hall–Kier alpha value is -1.42. The van der Waals surface area contributed by atoms with E-state index < -0.39 is 0 Å². The van der Waals surface area contributed by atoms with Gasteiger partial charge in [0.05, 0.1) is 11.0 Å². The molecule has 1 aliphatic heterocycles. The van der Waals surface area contributed by atoms with E-state index in [1.165, 1.54) is 6.07 Å². The standard InChI is InChI=1S/C19H30N4O3.HI/c1-19(2,3)17-15(8-6-10-26-17)13-22-18(20-4)21-12-14-7-5-9-16(11-14)23(24)25;/h5,7,9,11,15,17H,6,8,10,12-13H2,1-4H3,(H2,20,21,22);1H. The van der Waals surface area contributed by atoms with Crippen molar-refractivity contribution in [1.82, 2.24) is 10.6 Å². The van der Waals surface area contributed by atoms with Gasteiger partial charge in [0.25, 0.3) is 5.69 Å². The monoisotopic (exact) mass is 490 g/mol. The highest BCUT2D eigenvalue weighted by Crippen LogP contribution is 2.33. The third-order valence-electron chi connectivity index (χ3n) is 4.64. The van der Waals surface area contributed by atoms with Gasteiger partial charge in [-0.3, -0.25) is 15.1 Å². The Kier molecular flexibility index (Phi) is 9.44. The fourth-order valence-electron chi connectivity index (χ4n) is 3.42. The van der Waals surface area contributed by atoms with Crippen molar-refractivity contribution in [2.45, 2.75) is 46.3 Å². The van der Waals surface area contributed by atoms with Gasteiger partial charge in [-0.2, -0.15) is 0 Å². The Balaban J connectivity index is 0.00000364. The van der Waals surface area contributed by atoms with E-state index in [0.29, 0.717) is 18.4 Å². The zero-order chi connectivity index (χ0) is 19.2. The predicted molar refractivity (Wildman–Crippen MR) is 119 cm³/mol. The number of nitrogens with one attached hydrogen (secondary N) is 2. The molecule has 1 saturated heterocycles. The van der Waals surface area contributed by atoms with Gasteiger partial charge in [0.1, 0.15) is 0 Å². The van der Waals surface area contributed by atoms with Gasteiger partial charge >= 0.3 is 0 Å². The first-order valence-electron chi connectivity index (χ1n) is 9.10. The first kappa shape index (κ1) is 23.6. The molecule has 1 heterocycles. The molecular weight excluding hydrogens is 459 g/mol. The molecule has 1 aromatic rings. The molecule has 2 N–H and O–H groups in total. The van der Waals surface area contributed by atoms with Crippen LogP contribution < -0.4 is 10.6 Å². The zero-order valence-electron chi connectivity index (χ0n) is 16.5.